The molecule has 0 radical (unpaired) electrons. The number of pyridine rings is 1. The van der Waals surface area contributed by atoms with E-state index in [0.29, 0.717) is 18.0 Å². The molecule has 0 aliphatic carbocycles. The Morgan fingerprint density at radius 3 is 2.71 bits per heavy atom. The average Bonchev–Trinajstić information content (AvgIpc) is 3.23. The molecule has 0 saturated carbocycles. The van der Waals surface area contributed by atoms with Gasteiger partial charge in [0.25, 0.3) is 0 Å². The Bertz CT molecular complexity index is 1750. The Balaban J connectivity index is 0.00000353. The van der Waals surface area contributed by atoms with E-state index in [1.165, 1.54) is 0 Å². The molecule has 0 unspecified atom stereocenters. The van der Waals surface area contributed by atoms with E-state index in [-0.39, 0.29) is 31.3 Å². The molecule has 6 rings (SSSR count). The van der Waals surface area contributed by atoms with Gasteiger partial charge in [-0.15, -0.1) is 5.10 Å². The van der Waals surface area contributed by atoms with E-state index in [4.69, 9.17) is 0 Å². The number of hydrogen-bond acceptors (Lipinski definition) is 7. The summed E-state index contributed by atoms with van der Waals surface area (Å²) >= 11 is 0. The highest BCUT2D eigenvalue weighted by Gasteiger charge is 2.39. The van der Waals surface area contributed by atoms with Gasteiger partial charge in [-0.2, -0.15) is 9.40 Å². The zero-order valence-electron chi connectivity index (χ0n) is 23.5. The Labute approximate surface area is 247 Å². The molecule has 5 heterocycles. The van der Waals surface area contributed by atoms with E-state index in [1.807, 2.05) is 55.8 Å². The van der Waals surface area contributed by atoms with Gasteiger partial charge in [-0.1, -0.05) is 25.6 Å². The van der Waals surface area contributed by atoms with Gasteiger partial charge in [0.2, 0.25) is 10.0 Å². The first-order chi connectivity index (χ1) is 19.6. The first-order valence-corrected chi connectivity index (χ1v) is 15.4. The van der Waals surface area contributed by atoms with Crippen molar-refractivity contribution in [3.63, 3.8) is 0 Å². The van der Waals surface area contributed by atoms with Gasteiger partial charge in [0.1, 0.15) is 10.7 Å². The van der Waals surface area contributed by atoms with Crippen molar-refractivity contribution < 1.29 is 18.3 Å². The van der Waals surface area contributed by atoms with E-state index >= 15 is 0 Å². The number of aryl methyl sites for hydroxylation is 3. The van der Waals surface area contributed by atoms with Crippen LogP contribution < -0.4 is 4.90 Å². The molecule has 42 heavy (non-hydrogen) atoms. The topological polar surface area (TPSA) is 122 Å². The minimum atomic E-state index is -3.81. The number of rotatable bonds is 6. The summed E-state index contributed by atoms with van der Waals surface area (Å²) in [6, 6.07) is 13.2. The normalized spacial score (nSPS) is 18.9. The number of carboxylic acid groups (broad SMARTS) is 1. The van der Waals surface area contributed by atoms with Crippen molar-refractivity contribution in [2.75, 3.05) is 18.0 Å². The second-order valence-corrected chi connectivity index (χ2v) is 13.1. The van der Waals surface area contributed by atoms with Crippen molar-refractivity contribution in [3.05, 3.63) is 76.7 Å². The minimum absolute atomic E-state index is 0. The van der Waals surface area contributed by atoms with Crippen LogP contribution in [0.2, 0.25) is 0 Å². The third-order valence-electron chi connectivity index (χ3n) is 8.47. The number of anilines is 1. The van der Waals surface area contributed by atoms with E-state index in [2.05, 4.69) is 20.1 Å². The maximum atomic E-state index is 14.0. The van der Waals surface area contributed by atoms with Crippen LogP contribution in [0, 0.1) is 13.8 Å². The summed E-state index contributed by atoms with van der Waals surface area (Å²) in [5.74, 6) is -0.826. The van der Waals surface area contributed by atoms with Crippen molar-refractivity contribution in [2.45, 2.75) is 70.4 Å². The number of fused-ring (bicyclic) bond motifs is 4. The minimum Gasteiger partial charge on any atom is -0.481 e. The highest BCUT2D eigenvalue weighted by Crippen LogP contribution is 2.37. The molecule has 10 nitrogen and oxygen atoms in total. The van der Waals surface area contributed by atoms with Crippen molar-refractivity contribution in [3.8, 4) is 0 Å². The molecule has 4 aromatic rings. The first-order valence-electron chi connectivity index (χ1n) is 14.0. The molecule has 0 spiro atoms. The number of nitrogens with zero attached hydrogens (tertiary/aromatic N) is 6. The van der Waals surface area contributed by atoms with E-state index in [9.17, 15) is 18.3 Å². The van der Waals surface area contributed by atoms with Crippen LogP contribution in [-0.4, -0.2) is 62.7 Å². The lowest BCUT2D eigenvalue weighted by molar-refractivity contribution is -0.137. The number of carbonyl (C=O) groups is 1. The maximum absolute atomic E-state index is 14.0. The second-order valence-electron chi connectivity index (χ2n) is 11.2. The van der Waals surface area contributed by atoms with Crippen LogP contribution in [-0.2, 0) is 28.4 Å². The summed E-state index contributed by atoms with van der Waals surface area (Å²) in [5, 5.41) is 19.3. The van der Waals surface area contributed by atoms with Gasteiger partial charge >= 0.3 is 5.97 Å². The molecule has 2 aliphatic heterocycles. The van der Waals surface area contributed by atoms with E-state index in [1.54, 1.807) is 22.6 Å². The standard InChI is InChI=1S/C30H34N6O4S.CH4/c1-19-9-10-21(25(16-28(37)38)26-15-22-13-20(2)32-33-29(22)34(26)3)14-23(19)17-35-18-24-7-4-5-12-36(24)30-27(41(35,39)40)8-6-11-31-30;/h6,8-11,13-15,24-25H,4-5,7,12,16-18H2,1-3H3,(H,37,38);1H4/t24-,25+;/m1./s1. The number of carboxylic acids is 1. The number of sulfonamides is 1. The zero-order chi connectivity index (χ0) is 28.9. The smallest absolute Gasteiger partial charge is 0.304 e. The van der Waals surface area contributed by atoms with Gasteiger partial charge in [-0.05, 0) is 74.1 Å². The molecule has 0 amide bonds. The molecule has 3 aromatic heterocycles. The van der Waals surface area contributed by atoms with Crippen LogP contribution in [0.15, 0.2) is 53.6 Å². The molecule has 1 aromatic carbocycles. The van der Waals surface area contributed by atoms with Crippen molar-refractivity contribution in [1.82, 2.24) is 24.1 Å². The van der Waals surface area contributed by atoms with E-state index < -0.39 is 21.9 Å². The van der Waals surface area contributed by atoms with Gasteiger partial charge < -0.3 is 14.6 Å². The maximum Gasteiger partial charge on any atom is 0.304 e. The molecule has 1 saturated heterocycles. The van der Waals surface area contributed by atoms with Gasteiger partial charge in [-0.25, -0.2) is 13.4 Å². The van der Waals surface area contributed by atoms with Gasteiger partial charge in [0, 0.05) is 55.9 Å². The highest BCUT2D eigenvalue weighted by molar-refractivity contribution is 7.89. The van der Waals surface area contributed by atoms with Crippen molar-refractivity contribution in [2.24, 2.45) is 7.05 Å². The van der Waals surface area contributed by atoms with Crippen LogP contribution in [0.1, 0.15) is 67.1 Å². The summed E-state index contributed by atoms with van der Waals surface area (Å²) in [7, 11) is -1.94. The summed E-state index contributed by atoms with van der Waals surface area (Å²) in [6.07, 6.45) is 4.52. The number of aliphatic carboxylic acids is 1. The monoisotopic (exact) mass is 590 g/mol. The molecule has 2 aliphatic rings. The van der Waals surface area contributed by atoms with Crippen LogP contribution in [0.25, 0.3) is 11.0 Å². The van der Waals surface area contributed by atoms with Crippen molar-refractivity contribution in [1.29, 1.82) is 0 Å². The third-order valence-corrected chi connectivity index (χ3v) is 10.3. The predicted octanol–water partition coefficient (Wildman–Crippen LogP) is 4.79. The van der Waals surface area contributed by atoms with Gasteiger partial charge in [-0.3, -0.25) is 4.79 Å². The summed E-state index contributed by atoms with van der Waals surface area (Å²) < 4.78 is 31.5. The number of benzene rings is 1. The van der Waals surface area contributed by atoms with Crippen LogP contribution in [0.5, 0.6) is 0 Å². The Morgan fingerprint density at radius 1 is 1.12 bits per heavy atom. The average molecular weight is 591 g/mol. The second kappa shape index (κ2) is 11.4. The first kappa shape index (κ1) is 29.7. The van der Waals surface area contributed by atoms with Crippen molar-refractivity contribution >= 4 is 32.8 Å². The molecule has 0 bridgehead atoms. The fourth-order valence-electron chi connectivity index (χ4n) is 6.31. The highest BCUT2D eigenvalue weighted by atomic mass is 32.2. The summed E-state index contributed by atoms with van der Waals surface area (Å²) in [5.41, 5.74) is 4.91. The Morgan fingerprint density at radius 2 is 1.93 bits per heavy atom. The quantitative estimate of drug-likeness (QED) is 0.340. The number of piperidine rings is 1. The largest absolute Gasteiger partial charge is 0.481 e. The fourth-order valence-corrected chi connectivity index (χ4v) is 7.92. The van der Waals surface area contributed by atoms with Gasteiger partial charge in [0.05, 0.1) is 12.1 Å². The van der Waals surface area contributed by atoms with Crippen LogP contribution in [0.3, 0.4) is 0 Å². The third kappa shape index (κ3) is 5.27. The Kier molecular flexibility index (Phi) is 8.08. The van der Waals surface area contributed by atoms with Gasteiger partial charge in [0.15, 0.2) is 5.65 Å². The molecular weight excluding hydrogens is 552 g/mol. The summed E-state index contributed by atoms with van der Waals surface area (Å²) in [6.45, 7) is 5.20. The lowest BCUT2D eigenvalue weighted by Gasteiger charge is -2.36. The molecule has 1 fully saturated rings. The molecular formula is C31H38N6O4S. The SMILES string of the molecule is C.Cc1cc2cc([C@@H](CC(=O)O)c3ccc(C)c(CN4C[C@H]5CCCCN5c5ncccc5S4(=O)=O)c3)n(C)c2nn1. The molecule has 11 heteroatoms. The van der Waals surface area contributed by atoms with E-state index in [0.717, 1.165) is 59.3 Å². The van der Waals surface area contributed by atoms with Crippen LogP contribution >= 0.6 is 0 Å². The number of aromatic nitrogens is 4. The lowest BCUT2D eigenvalue weighted by Crippen LogP contribution is -2.45. The zero-order valence-corrected chi connectivity index (χ0v) is 24.3. The molecule has 2 atom stereocenters. The molecule has 222 valence electrons. The fraction of sp³-hybridized carbons (Fsp3) is 0.419. The Hall–Kier alpha value is -3.83. The predicted molar refractivity (Wildman–Crippen MR) is 162 cm³/mol. The van der Waals surface area contributed by atoms with Crippen LogP contribution in [0.4, 0.5) is 5.82 Å². The molecule has 1 N–H and O–H groups in total. The lowest BCUT2D eigenvalue weighted by atomic mass is 9.89. The summed E-state index contributed by atoms with van der Waals surface area (Å²) in [4.78, 5) is 18.9. The number of hydrogen-bond donors (Lipinski definition) is 1.